The number of rotatable bonds is 5. The molecule has 1 aromatic heterocycles. The van der Waals surface area contributed by atoms with Gasteiger partial charge in [0.2, 0.25) is 15.9 Å². The van der Waals surface area contributed by atoms with E-state index in [2.05, 4.69) is 9.71 Å². The van der Waals surface area contributed by atoms with Gasteiger partial charge in [-0.15, -0.1) is 0 Å². The Labute approximate surface area is 124 Å². The Morgan fingerprint density at radius 1 is 1.29 bits per heavy atom. The van der Waals surface area contributed by atoms with Gasteiger partial charge in [0, 0.05) is 24.5 Å². The van der Waals surface area contributed by atoms with Crippen molar-refractivity contribution in [2.45, 2.75) is 18.4 Å². The van der Waals surface area contributed by atoms with E-state index in [1.807, 2.05) is 0 Å². The van der Waals surface area contributed by atoms with Crippen LogP contribution in [0, 0.1) is 6.92 Å². The number of nitrogen functional groups attached to an aromatic ring is 1. The van der Waals surface area contributed by atoms with Gasteiger partial charge in [0.15, 0.2) is 0 Å². The fraction of sp³-hybridized carbons (Fsp3) is 0.214. The number of pyridine rings is 1. The van der Waals surface area contributed by atoms with Gasteiger partial charge in [-0.05, 0) is 42.3 Å². The lowest BCUT2D eigenvalue weighted by Gasteiger charge is -2.10. The second-order valence-corrected chi connectivity index (χ2v) is 6.29. The fourth-order valence-electron chi connectivity index (χ4n) is 1.90. The Balaban J connectivity index is 2.17. The molecular formula is C14H17N3O3S. The summed E-state index contributed by atoms with van der Waals surface area (Å²) in [5, 5.41) is 0. The monoisotopic (exact) mass is 307 g/mol. The van der Waals surface area contributed by atoms with Crippen LogP contribution in [0.3, 0.4) is 0 Å². The lowest BCUT2D eigenvalue weighted by molar-refractivity contribution is 0.397. The van der Waals surface area contributed by atoms with E-state index < -0.39 is 10.0 Å². The average Bonchev–Trinajstić information content (AvgIpc) is 2.45. The summed E-state index contributed by atoms with van der Waals surface area (Å²) in [6.45, 7) is 1.87. The molecule has 0 saturated heterocycles. The second-order valence-electron chi connectivity index (χ2n) is 4.56. The Hall–Kier alpha value is -2.12. The molecule has 112 valence electrons. The van der Waals surface area contributed by atoms with Crippen molar-refractivity contribution in [1.29, 1.82) is 0 Å². The predicted octanol–water partition coefficient (Wildman–Crippen LogP) is 1.46. The lowest BCUT2D eigenvalue weighted by Crippen LogP contribution is -2.24. The standard InChI is InChI=1S/C14H17N3O3S/c1-10-7-12(15)3-4-13(10)21(18,19)17-9-11-5-6-16-14(8-11)20-2/h3-8,17H,9,15H2,1-2H3. The first kappa shape index (κ1) is 15.3. The maximum absolute atomic E-state index is 12.3. The number of benzene rings is 1. The minimum absolute atomic E-state index is 0.158. The number of methoxy groups -OCH3 is 1. The highest BCUT2D eigenvalue weighted by Gasteiger charge is 2.16. The SMILES string of the molecule is COc1cc(CNS(=O)(=O)c2ccc(N)cc2C)ccn1. The van der Waals surface area contributed by atoms with Crippen LogP contribution >= 0.6 is 0 Å². The molecule has 1 heterocycles. The zero-order valence-corrected chi connectivity index (χ0v) is 12.6. The summed E-state index contributed by atoms with van der Waals surface area (Å²) in [5.41, 5.74) is 7.53. The molecule has 0 aliphatic rings. The number of nitrogens with two attached hydrogens (primary N) is 1. The van der Waals surface area contributed by atoms with Gasteiger partial charge < -0.3 is 10.5 Å². The summed E-state index contributed by atoms with van der Waals surface area (Å²) in [6, 6.07) is 8.10. The molecule has 6 nitrogen and oxygen atoms in total. The van der Waals surface area contributed by atoms with E-state index in [9.17, 15) is 8.42 Å². The minimum Gasteiger partial charge on any atom is -0.481 e. The fourth-order valence-corrected chi connectivity index (χ4v) is 3.14. The van der Waals surface area contributed by atoms with E-state index in [-0.39, 0.29) is 11.4 Å². The van der Waals surface area contributed by atoms with Gasteiger partial charge in [-0.25, -0.2) is 18.1 Å². The molecule has 2 aromatic rings. The third kappa shape index (κ3) is 3.71. The molecule has 3 N–H and O–H groups in total. The topological polar surface area (TPSA) is 94.3 Å². The quantitative estimate of drug-likeness (QED) is 0.816. The zero-order valence-electron chi connectivity index (χ0n) is 11.8. The van der Waals surface area contributed by atoms with Crippen molar-refractivity contribution >= 4 is 15.7 Å². The maximum atomic E-state index is 12.3. The number of anilines is 1. The molecule has 2 rings (SSSR count). The Morgan fingerprint density at radius 2 is 2.05 bits per heavy atom. The van der Waals surface area contributed by atoms with Crippen LogP contribution in [0.25, 0.3) is 0 Å². The summed E-state index contributed by atoms with van der Waals surface area (Å²) in [4.78, 5) is 4.19. The molecule has 7 heteroatoms. The summed E-state index contributed by atoms with van der Waals surface area (Å²) in [7, 11) is -2.08. The minimum atomic E-state index is -3.59. The smallest absolute Gasteiger partial charge is 0.241 e. The first-order valence-electron chi connectivity index (χ1n) is 6.27. The van der Waals surface area contributed by atoms with E-state index in [0.717, 1.165) is 5.56 Å². The van der Waals surface area contributed by atoms with Crippen LogP contribution in [-0.2, 0) is 16.6 Å². The highest BCUT2D eigenvalue weighted by atomic mass is 32.2. The lowest BCUT2D eigenvalue weighted by atomic mass is 10.2. The van der Waals surface area contributed by atoms with Gasteiger partial charge in [-0.3, -0.25) is 0 Å². The number of nitrogens with one attached hydrogen (secondary N) is 1. The van der Waals surface area contributed by atoms with Gasteiger partial charge in [-0.2, -0.15) is 0 Å². The van der Waals surface area contributed by atoms with Crippen LogP contribution in [0.1, 0.15) is 11.1 Å². The molecule has 0 spiro atoms. The number of hydrogen-bond acceptors (Lipinski definition) is 5. The van der Waals surface area contributed by atoms with E-state index in [1.54, 1.807) is 37.4 Å². The van der Waals surface area contributed by atoms with Crippen molar-refractivity contribution in [1.82, 2.24) is 9.71 Å². The van der Waals surface area contributed by atoms with Crippen LogP contribution in [-0.4, -0.2) is 20.5 Å². The van der Waals surface area contributed by atoms with Crippen LogP contribution in [0.15, 0.2) is 41.4 Å². The zero-order chi connectivity index (χ0) is 15.5. The second kappa shape index (κ2) is 6.11. The van der Waals surface area contributed by atoms with E-state index >= 15 is 0 Å². The summed E-state index contributed by atoms with van der Waals surface area (Å²) < 4.78 is 32.1. The van der Waals surface area contributed by atoms with Crippen LogP contribution in [0.5, 0.6) is 5.88 Å². The van der Waals surface area contributed by atoms with E-state index in [1.165, 1.54) is 13.2 Å². The molecule has 0 amide bonds. The Bertz CT molecular complexity index is 745. The number of aryl methyl sites for hydroxylation is 1. The molecule has 0 aliphatic carbocycles. The Kier molecular flexibility index (Phi) is 4.44. The van der Waals surface area contributed by atoms with Gasteiger partial charge in [0.1, 0.15) is 0 Å². The van der Waals surface area contributed by atoms with Crippen molar-refractivity contribution in [2.75, 3.05) is 12.8 Å². The summed E-state index contributed by atoms with van der Waals surface area (Å²) in [5.74, 6) is 0.440. The van der Waals surface area contributed by atoms with E-state index in [0.29, 0.717) is 17.1 Å². The molecular weight excluding hydrogens is 290 g/mol. The first-order valence-corrected chi connectivity index (χ1v) is 7.75. The Morgan fingerprint density at radius 3 is 2.71 bits per heavy atom. The van der Waals surface area contributed by atoms with Crippen LogP contribution in [0.2, 0.25) is 0 Å². The highest BCUT2D eigenvalue weighted by Crippen LogP contribution is 2.18. The van der Waals surface area contributed by atoms with Crippen molar-refractivity contribution in [3.63, 3.8) is 0 Å². The van der Waals surface area contributed by atoms with Crippen LogP contribution < -0.4 is 15.2 Å². The summed E-state index contributed by atoms with van der Waals surface area (Å²) >= 11 is 0. The molecule has 0 saturated carbocycles. The highest BCUT2D eigenvalue weighted by molar-refractivity contribution is 7.89. The molecule has 0 fully saturated rings. The third-order valence-electron chi connectivity index (χ3n) is 2.96. The molecule has 0 bridgehead atoms. The van der Waals surface area contributed by atoms with Crippen LogP contribution in [0.4, 0.5) is 5.69 Å². The van der Waals surface area contributed by atoms with Crippen molar-refractivity contribution in [3.8, 4) is 5.88 Å². The summed E-state index contributed by atoms with van der Waals surface area (Å²) in [6.07, 6.45) is 1.57. The van der Waals surface area contributed by atoms with Gasteiger partial charge in [0.25, 0.3) is 0 Å². The molecule has 0 unspecified atom stereocenters. The van der Waals surface area contributed by atoms with E-state index in [4.69, 9.17) is 10.5 Å². The van der Waals surface area contributed by atoms with Gasteiger partial charge >= 0.3 is 0 Å². The first-order chi connectivity index (χ1) is 9.92. The predicted molar refractivity (Wildman–Crippen MR) is 80.4 cm³/mol. The van der Waals surface area contributed by atoms with Crippen molar-refractivity contribution in [3.05, 3.63) is 47.7 Å². The molecule has 0 aliphatic heterocycles. The number of nitrogens with zero attached hydrogens (tertiary/aromatic N) is 1. The molecule has 21 heavy (non-hydrogen) atoms. The number of ether oxygens (including phenoxy) is 1. The molecule has 0 atom stereocenters. The average molecular weight is 307 g/mol. The molecule has 1 aromatic carbocycles. The van der Waals surface area contributed by atoms with Crippen molar-refractivity contribution in [2.24, 2.45) is 0 Å². The number of aromatic nitrogens is 1. The normalized spacial score (nSPS) is 11.3. The molecule has 0 radical (unpaired) electrons. The van der Waals surface area contributed by atoms with Crippen molar-refractivity contribution < 1.29 is 13.2 Å². The van der Waals surface area contributed by atoms with Gasteiger partial charge in [0.05, 0.1) is 12.0 Å². The third-order valence-corrected chi connectivity index (χ3v) is 4.52. The number of hydrogen-bond donors (Lipinski definition) is 2. The maximum Gasteiger partial charge on any atom is 0.241 e. The number of sulfonamides is 1. The van der Waals surface area contributed by atoms with Gasteiger partial charge in [-0.1, -0.05) is 0 Å². The largest absolute Gasteiger partial charge is 0.481 e.